The van der Waals surface area contributed by atoms with E-state index in [0.717, 1.165) is 23.8 Å². The number of nitrogens with zero attached hydrogens (tertiary/aromatic N) is 3. The number of piperidine rings is 1. The van der Waals surface area contributed by atoms with E-state index in [0.29, 0.717) is 36.2 Å². The summed E-state index contributed by atoms with van der Waals surface area (Å²) in [6.45, 7) is 3.87. The zero-order chi connectivity index (χ0) is 19.7. The molecular formula is C22H22ClN3O2. The summed E-state index contributed by atoms with van der Waals surface area (Å²) in [5.74, 6) is 0.267. The molecule has 3 aromatic rings. The van der Waals surface area contributed by atoms with Crippen molar-refractivity contribution in [3.63, 3.8) is 0 Å². The van der Waals surface area contributed by atoms with E-state index in [1.807, 2.05) is 24.3 Å². The number of pyridine rings is 2. The predicted molar refractivity (Wildman–Crippen MR) is 111 cm³/mol. The van der Waals surface area contributed by atoms with Crippen LogP contribution in [0.5, 0.6) is 0 Å². The minimum absolute atomic E-state index is 0.188. The Morgan fingerprint density at radius 3 is 2.79 bits per heavy atom. The molecule has 1 amide bonds. The Morgan fingerprint density at radius 1 is 1.25 bits per heavy atom. The lowest BCUT2D eigenvalue weighted by molar-refractivity contribution is 0.0681. The van der Waals surface area contributed by atoms with Crippen molar-refractivity contribution in [2.24, 2.45) is 5.92 Å². The molecule has 1 unspecified atom stereocenters. The largest absolute Gasteiger partial charge is 0.338 e. The van der Waals surface area contributed by atoms with Crippen molar-refractivity contribution >= 4 is 28.5 Å². The quantitative estimate of drug-likeness (QED) is 0.674. The Balaban J connectivity index is 1.79. The molecule has 0 N–H and O–H groups in total. The van der Waals surface area contributed by atoms with E-state index in [1.165, 1.54) is 0 Å². The smallest absolute Gasteiger partial charge is 0.265 e. The lowest BCUT2D eigenvalue weighted by atomic mass is 9.99. The molecule has 1 aliphatic heterocycles. The van der Waals surface area contributed by atoms with Crippen LogP contribution in [0, 0.1) is 5.92 Å². The number of rotatable bonds is 3. The van der Waals surface area contributed by atoms with Gasteiger partial charge in [-0.25, -0.2) is 4.98 Å². The fraction of sp³-hybridized carbons (Fsp3) is 0.318. The van der Waals surface area contributed by atoms with Gasteiger partial charge in [0.1, 0.15) is 11.2 Å². The monoisotopic (exact) mass is 395 g/mol. The van der Waals surface area contributed by atoms with Crippen molar-refractivity contribution in [3.05, 3.63) is 75.2 Å². The average molecular weight is 396 g/mol. The summed E-state index contributed by atoms with van der Waals surface area (Å²) in [7, 11) is 0. The maximum atomic E-state index is 13.3. The molecule has 4 rings (SSSR count). The highest BCUT2D eigenvalue weighted by molar-refractivity contribution is 6.30. The number of aromatic nitrogens is 2. The first kappa shape index (κ1) is 18.7. The number of benzene rings is 1. The molecule has 3 heterocycles. The van der Waals surface area contributed by atoms with Crippen molar-refractivity contribution in [1.29, 1.82) is 0 Å². The number of halogens is 1. The molecule has 0 radical (unpaired) electrons. The number of fused-ring (bicyclic) bond motifs is 1. The molecule has 5 nitrogen and oxygen atoms in total. The summed E-state index contributed by atoms with van der Waals surface area (Å²) in [6.07, 6.45) is 3.75. The van der Waals surface area contributed by atoms with Gasteiger partial charge in [-0.05, 0) is 54.7 Å². The second-order valence-corrected chi connectivity index (χ2v) is 7.93. The summed E-state index contributed by atoms with van der Waals surface area (Å²) in [4.78, 5) is 32.6. The summed E-state index contributed by atoms with van der Waals surface area (Å²) in [5.41, 5.74) is 1.41. The molecule has 144 valence electrons. The molecule has 1 aromatic carbocycles. The highest BCUT2D eigenvalue weighted by atomic mass is 35.5. The molecule has 0 spiro atoms. The van der Waals surface area contributed by atoms with Gasteiger partial charge in [0.15, 0.2) is 0 Å². The minimum Gasteiger partial charge on any atom is -0.338 e. The van der Waals surface area contributed by atoms with Crippen molar-refractivity contribution in [2.75, 3.05) is 13.1 Å². The molecule has 1 atom stereocenters. The Labute approximate surface area is 168 Å². The van der Waals surface area contributed by atoms with Gasteiger partial charge in [0, 0.05) is 29.7 Å². The van der Waals surface area contributed by atoms with Gasteiger partial charge in [0.25, 0.3) is 11.5 Å². The average Bonchev–Trinajstić information content (AvgIpc) is 2.71. The van der Waals surface area contributed by atoms with Crippen LogP contribution in [0.1, 0.15) is 35.7 Å². The van der Waals surface area contributed by atoms with Gasteiger partial charge in [-0.15, -0.1) is 0 Å². The van der Waals surface area contributed by atoms with E-state index in [9.17, 15) is 9.59 Å². The van der Waals surface area contributed by atoms with Crippen LogP contribution < -0.4 is 5.56 Å². The number of hydrogen-bond donors (Lipinski definition) is 0. The van der Waals surface area contributed by atoms with Gasteiger partial charge in [-0.1, -0.05) is 30.7 Å². The molecule has 28 heavy (non-hydrogen) atoms. The predicted octanol–water partition coefficient (Wildman–Crippen LogP) is 3.97. The zero-order valence-electron chi connectivity index (χ0n) is 15.8. The Bertz CT molecular complexity index is 1080. The van der Waals surface area contributed by atoms with Gasteiger partial charge >= 0.3 is 0 Å². The third-order valence-corrected chi connectivity index (χ3v) is 5.53. The number of carbonyl (C=O) groups is 1. The summed E-state index contributed by atoms with van der Waals surface area (Å²) in [6, 6.07) is 12.7. The lowest BCUT2D eigenvalue weighted by Gasteiger charge is -2.31. The van der Waals surface area contributed by atoms with Crippen LogP contribution in [0.3, 0.4) is 0 Å². The van der Waals surface area contributed by atoms with Crippen LogP contribution in [0.15, 0.2) is 53.5 Å². The van der Waals surface area contributed by atoms with Crippen LogP contribution >= 0.6 is 11.6 Å². The van der Waals surface area contributed by atoms with Gasteiger partial charge in [-0.3, -0.25) is 14.2 Å². The summed E-state index contributed by atoms with van der Waals surface area (Å²) in [5, 5.41) is 1.42. The van der Waals surface area contributed by atoms with E-state index >= 15 is 0 Å². The normalized spacial score (nSPS) is 17.1. The van der Waals surface area contributed by atoms with Crippen LogP contribution in [0.4, 0.5) is 0 Å². The van der Waals surface area contributed by atoms with Crippen molar-refractivity contribution < 1.29 is 4.79 Å². The van der Waals surface area contributed by atoms with Crippen molar-refractivity contribution in [1.82, 2.24) is 14.5 Å². The number of carbonyl (C=O) groups excluding carboxylic acids is 1. The number of hydrogen-bond acceptors (Lipinski definition) is 3. The number of likely N-dealkylation sites (tertiary alicyclic amines) is 1. The van der Waals surface area contributed by atoms with Crippen LogP contribution in [0.2, 0.25) is 5.02 Å². The van der Waals surface area contributed by atoms with E-state index in [2.05, 4.69) is 11.9 Å². The van der Waals surface area contributed by atoms with Crippen molar-refractivity contribution in [2.45, 2.75) is 26.3 Å². The lowest BCUT2D eigenvalue weighted by Crippen LogP contribution is -2.42. The zero-order valence-corrected chi connectivity index (χ0v) is 16.5. The van der Waals surface area contributed by atoms with Gasteiger partial charge < -0.3 is 4.90 Å². The van der Waals surface area contributed by atoms with E-state index in [4.69, 9.17) is 11.6 Å². The Morgan fingerprint density at radius 2 is 2.04 bits per heavy atom. The standard InChI is InChI=1S/C22H22ClN3O2/c1-15-4-3-11-25(13-15)21(27)19-12-17-5-2-10-24-20(17)26(22(19)28)14-16-6-8-18(23)9-7-16/h2,5-10,12,15H,3-4,11,13-14H2,1H3. The van der Waals surface area contributed by atoms with E-state index < -0.39 is 0 Å². The molecule has 2 aromatic heterocycles. The highest BCUT2D eigenvalue weighted by Gasteiger charge is 2.25. The molecular weight excluding hydrogens is 374 g/mol. The molecule has 0 aliphatic carbocycles. The second kappa shape index (κ2) is 7.76. The molecule has 1 saturated heterocycles. The summed E-state index contributed by atoms with van der Waals surface area (Å²) >= 11 is 5.97. The molecule has 6 heteroatoms. The first-order valence-corrected chi connectivity index (χ1v) is 9.93. The molecule has 1 aliphatic rings. The van der Waals surface area contributed by atoms with Crippen LogP contribution in [-0.4, -0.2) is 33.4 Å². The second-order valence-electron chi connectivity index (χ2n) is 7.49. The molecule has 1 fully saturated rings. The minimum atomic E-state index is -0.302. The Hall–Kier alpha value is -2.66. The first-order valence-electron chi connectivity index (χ1n) is 9.55. The Kier molecular flexibility index (Phi) is 5.18. The third kappa shape index (κ3) is 3.67. The maximum absolute atomic E-state index is 13.3. The fourth-order valence-electron chi connectivity index (χ4n) is 3.82. The van der Waals surface area contributed by atoms with Gasteiger partial charge in [0.05, 0.1) is 6.54 Å². The first-order chi connectivity index (χ1) is 13.5. The highest BCUT2D eigenvalue weighted by Crippen LogP contribution is 2.19. The molecule has 0 saturated carbocycles. The topological polar surface area (TPSA) is 55.2 Å². The SMILES string of the molecule is CC1CCCN(C(=O)c2cc3cccnc3n(Cc3ccc(Cl)cc3)c2=O)C1. The van der Waals surface area contributed by atoms with Crippen LogP contribution in [-0.2, 0) is 6.54 Å². The van der Waals surface area contributed by atoms with Crippen LogP contribution in [0.25, 0.3) is 11.0 Å². The van der Waals surface area contributed by atoms with Crippen molar-refractivity contribution in [3.8, 4) is 0 Å². The fourth-order valence-corrected chi connectivity index (χ4v) is 3.95. The van der Waals surface area contributed by atoms with Gasteiger partial charge in [0.2, 0.25) is 0 Å². The third-order valence-electron chi connectivity index (χ3n) is 5.28. The maximum Gasteiger partial charge on any atom is 0.265 e. The summed E-state index contributed by atoms with van der Waals surface area (Å²) < 4.78 is 1.58. The van der Waals surface area contributed by atoms with E-state index in [-0.39, 0.29) is 17.0 Å². The number of amides is 1. The molecule has 0 bridgehead atoms. The van der Waals surface area contributed by atoms with E-state index in [1.54, 1.807) is 33.9 Å². The van der Waals surface area contributed by atoms with Gasteiger partial charge in [-0.2, -0.15) is 0 Å².